The Morgan fingerprint density at radius 1 is 1.04 bits per heavy atom. The molecule has 0 aromatic heterocycles. The maximum absolute atomic E-state index is 13.7. The molecule has 1 heterocycles. The van der Waals surface area contributed by atoms with Crippen LogP contribution in [0.5, 0.6) is 0 Å². The summed E-state index contributed by atoms with van der Waals surface area (Å²) < 4.78 is 27.4. The van der Waals surface area contributed by atoms with Crippen LogP contribution < -0.4 is 5.32 Å². The van der Waals surface area contributed by atoms with Crippen molar-refractivity contribution in [2.24, 2.45) is 0 Å². The summed E-state index contributed by atoms with van der Waals surface area (Å²) in [5.41, 5.74) is -0.142. The number of carbonyl (C=O) groups excluding carboxylic acids is 1. The maximum atomic E-state index is 13.7. The summed E-state index contributed by atoms with van der Waals surface area (Å²) in [6.45, 7) is 1.95. The van der Waals surface area contributed by atoms with Crippen LogP contribution in [0.3, 0.4) is 0 Å². The molecule has 1 aliphatic carbocycles. The van der Waals surface area contributed by atoms with Crippen LogP contribution in [0.15, 0.2) is 18.2 Å². The van der Waals surface area contributed by atoms with Gasteiger partial charge in [0.25, 0.3) is 0 Å². The van der Waals surface area contributed by atoms with Gasteiger partial charge in [0.2, 0.25) is 5.91 Å². The average Bonchev–Trinajstić information content (AvgIpc) is 2.88. The van der Waals surface area contributed by atoms with Crippen molar-refractivity contribution < 1.29 is 13.6 Å². The highest BCUT2D eigenvalue weighted by Gasteiger charge is 2.27. The van der Waals surface area contributed by atoms with Gasteiger partial charge in [-0.15, -0.1) is 0 Å². The summed E-state index contributed by atoms with van der Waals surface area (Å²) in [7, 11) is 0. The molecule has 1 unspecified atom stereocenters. The van der Waals surface area contributed by atoms with Gasteiger partial charge in [0.05, 0.1) is 6.42 Å². The van der Waals surface area contributed by atoms with Crippen LogP contribution in [0.4, 0.5) is 8.78 Å². The van der Waals surface area contributed by atoms with E-state index in [1.54, 1.807) is 0 Å². The Bertz CT molecular complexity index is 565. The Morgan fingerprint density at radius 3 is 2.40 bits per heavy atom. The first-order valence-corrected chi connectivity index (χ1v) is 9.60. The van der Waals surface area contributed by atoms with Gasteiger partial charge in [-0.25, -0.2) is 8.78 Å². The molecule has 1 atom stereocenters. The van der Waals surface area contributed by atoms with Crippen molar-refractivity contribution in [1.29, 1.82) is 0 Å². The highest BCUT2D eigenvalue weighted by atomic mass is 19.1. The molecule has 5 heteroatoms. The van der Waals surface area contributed by atoms with E-state index in [-0.39, 0.29) is 23.9 Å². The van der Waals surface area contributed by atoms with E-state index in [9.17, 15) is 13.6 Å². The number of carbonyl (C=O) groups is 1. The largest absolute Gasteiger partial charge is 0.352 e. The van der Waals surface area contributed by atoms with Crippen molar-refractivity contribution in [2.75, 3.05) is 13.1 Å². The Hall–Kier alpha value is -1.49. The number of nitrogens with zero attached hydrogens (tertiary/aromatic N) is 1. The summed E-state index contributed by atoms with van der Waals surface area (Å²) >= 11 is 0. The molecule has 1 aromatic carbocycles. The summed E-state index contributed by atoms with van der Waals surface area (Å²) in [4.78, 5) is 14.8. The lowest BCUT2D eigenvalue weighted by Crippen LogP contribution is -2.51. The lowest BCUT2D eigenvalue weighted by molar-refractivity contribution is -0.121. The molecule has 1 amide bonds. The average molecular weight is 350 g/mol. The predicted molar refractivity (Wildman–Crippen MR) is 94.3 cm³/mol. The first-order valence-electron chi connectivity index (χ1n) is 9.60. The summed E-state index contributed by atoms with van der Waals surface area (Å²) in [6.07, 6.45) is 9.53. The zero-order valence-electron chi connectivity index (χ0n) is 14.8. The van der Waals surface area contributed by atoms with Crippen molar-refractivity contribution in [2.45, 2.75) is 69.9 Å². The van der Waals surface area contributed by atoms with Crippen LogP contribution in [-0.4, -0.2) is 36.0 Å². The number of rotatable bonds is 4. The highest BCUT2D eigenvalue weighted by Crippen LogP contribution is 2.24. The molecule has 2 aliphatic rings. The van der Waals surface area contributed by atoms with Crippen LogP contribution in [-0.2, 0) is 11.2 Å². The van der Waals surface area contributed by atoms with Crippen LogP contribution in [0.2, 0.25) is 0 Å². The minimum atomic E-state index is -0.654. The predicted octanol–water partition coefficient (Wildman–Crippen LogP) is 3.81. The third-order valence-electron chi connectivity index (χ3n) is 5.56. The fourth-order valence-corrected chi connectivity index (χ4v) is 4.22. The fraction of sp³-hybridized carbons (Fsp3) is 0.650. The molecule has 2 fully saturated rings. The molecule has 25 heavy (non-hydrogen) atoms. The van der Waals surface area contributed by atoms with Crippen molar-refractivity contribution in [3.05, 3.63) is 35.4 Å². The number of nitrogens with one attached hydrogen (secondary N) is 1. The van der Waals surface area contributed by atoms with E-state index in [4.69, 9.17) is 0 Å². The zero-order chi connectivity index (χ0) is 17.6. The van der Waals surface area contributed by atoms with Gasteiger partial charge in [0.15, 0.2) is 0 Å². The number of benzene rings is 1. The van der Waals surface area contributed by atoms with Gasteiger partial charge in [-0.05, 0) is 44.4 Å². The minimum Gasteiger partial charge on any atom is -0.352 e. The topological polar surface area (TPSA) is 32.3 Å². The van der Waals surface area contributed by atoms with Gasteiger partial charge < -0.3 is 5.32 Å². The standard InChI is InChI=1S/C20H28F2N2O/c21-18-10-5-11-19(22)17(18)13-20(25)23-15-7-6-12-24(14-15)16-8-3-1-2-4-9-16/h5,10-11,15-16H,1-4,6-9,12-14H2,(H,23,25). The SMILES string of the molecule is O=C(Cc1c(F)cccc1F)NC1CCCN(C2CCCCCC2)C1. The second kappa shape index (κ2) is 8.75. The van der Waals surface area contributed by atoms with E-state index < -0.39 is 11.6 Å². The number of piperidine rings is 1. The van der Waals surface area contributed by atoms with Crippen molar-refractivity contribution in [1.82, 2.24) is 10.2 Å². The number of likely N-dealkylation sites (tertiary alicyclic amines) is 1. The molecular formula is C20H28F2N2O. The first kappa shape index (κ1) is 18.3. The molecule has 0 spiro atoms. The molecule has 1 aliphatic heterocycles. The third kappa shape index (κ3) is 5.00. The molecule has 1 saturated carbocycles. The second-order valence-corrected chi connectivity index (χ2v) is 7.42. The number of amides is 1. The summed E-state index contributed by atoms with van der Waals surface area (Å²) in [5.74, 6) is -1.60. The molecular weight excluding hydrogens is 322 g/mol. The van der Waals surface area contributed by atoms with Gasteiger partial charge >= 0.3 is 0 Å². The van der Waals surface area contributed by atoms with E-state index >= 15 is 0 Å². The fourth-order valence-electron chi connectivity index (χ4n) is 4.22. The van der Waals surface area contributed by atoms with Crippen molar-refractivity contribution in [3.63, 3.8) is 0 Å². The van der Waals surface area contributed by atoms with Gasteiger partial charge in [0.1, 0.15) is 11.6 Å². The van der Waals surface area contributed by atoms with Gasteiger partial charge in [-0.1, -0.05) is 31.7 Å². The molecule has 1 N–H and O–H groups in total. The van der Waals surface area contributed by atoms with E-state index in [2.05, 4.69) is 10.2 Å². The zero-order valence-corrected chi connectivity index (χ0v) is 14.8. The lowest BCUT2D eigenvalue weighted by Gasteiger charge is -2.38. The maximum Gasteiger partial charge on any atom is 0.224 e. The second-order valence-electron chi connectivity index (χ2n) is 7.42. The first-order chi connectivity index (χ1) is 12.1. The van der Waals surface area contributed by atoms with Crippen LogP contribution in [0.1, 0.15) is 56.9 Å². The monoisotopic (exact) mass is 350 g/mol. The highest BCUT2D eigenvalue weighted by molar-refractivity contribution is 5.79. The summed E-state index contributed by atoms with van der Waals surface area (Å²) in [5, 5.41) is 2.99. The Morgan fingerprint density at radius 2 is 1.72 bits per heavy atom. The van der Waals surface area contributed by atoms with Crippen molar-refractivity contribution >= 4 is 5.91 Å². The van der Waals surface area contributed by atoms with Crippen LogP contribution in [0.25, 0.3) is 0 Å². The Labute approximate surface area is 148 Å². The number of halogens is 2. The third-order valence-corrected chi connectivity index (χ3v) is 5.56. The minimum absolute atomic E-state index is 0.0827. The van der Waals surface area contributed by atoms with Crippen LogP contribution >= 0.6 is 0 Å². The normalized spacial score (nSPS) is 23.2. The van der Waals surface area contributed by atoms with E-state index in [1.807, 2.05) is 0 Å². The molecule has 138 valence electrons. The number of hydrogen-bond acceptors (Lipinski definition) is 2. The van der Waals surface area contributed by atoms with Crippen LogP contribution in [0, 0.1) is 11.6 Å². The molecule has 0 radical (unpaired) electrons. The van der Waals surface area contributed by atoms with Crippen molar-refractivity contribution in [3.8, 4) is 0 Å². The van der Waals surface area contributed by atoms with Gasteiger partial charge in [-0.2, -0.15) is 0 Å². The number of hydrogen-bond donors (Lipinski definition) is 1. The lowest BCUT2D eigenvalue weighted by atomic mass is 9.99. The molecule has 3 nitrogen and oxygen atoms in total. The van der Waals surface area contributed by atoms with Gasteiger partial charge in [-0.3, -0.25) is 9.69 Å². The molecule has 1 saturated heterocycles. The Balaban J connectivity index is 1.54. The molecule has 3 rings (SSSR count). The summed E-state index contributed by atoms with van der Waals surface area (Å²) in [6, 6.07) is 4.42. The van der Waals surface area contributed by atoms with E-state index in [0.717, 1.165) is 25.9 Å². The van der Waals surface area contributed by atoms with E-state index in [0.29, 0.717) is 6.04 Å². The van der Waals surface area contributed by atoms with Gasteiger partial charge in [0, 0.05) is 24.2 Å². The molecule has 1 aromatic rings. The smallest absolute Gasteiger partial charge is 0.224 e. The quantitative estimate of drug-likeness (QED) is 0.838. The Kier molecular flexibility index (Phi) is 6.40. The molecule has 0 bridgehead atoms. The van der Waals surface area contributed by atoms with E-state index in [1.165, 1.54) is 56.7 Å².